The highest BCUT2D eigenvalue weighted by molar-refractivity contribution is 6.48. The SMILES string of the molecule is O=Cc1ccc(Cl)c(-c2cc(Cl)c(Cl)c(Cl)c2)n1. The topological polar surface area (TPSA) is 30.0 Å². The molecule has 0 radical (unpaired) electrons. The van der Waals surface area contributed by atoms with Crippen molar-refractivity contribution in [3.05, 3.63) is 50.0 Å². The zero-order valence-corrected chi connectivity index (χ0v) is 11.8. The summed E-state index contributed by atoms with van der Waals surface area (Å²) in [7, 11) is 0. The molecular weight excluding hydrogens is 316 g/mol. The molecule has 1 heterocycles. The van der Waals surface area contributed by atoms with Gasteiger partial charge in [0.2, 0.25) is 0 Å². The van der Waals surface area contributed by atoms with Crippen molar-refractivity contribution in [2.75, 3.05) is 0 Å². The zero-order chi connectivity index (χ0) is 13.3. The molecule has 0 aliphatic heterocycles. The van der Waals surface area contributed by atoms with Crippen molar-refractivity contribution in [3.8, 4) is 11.3 Å². The maximum atomic E-state index is 10.7. The third-order valence-corrected chi connectivity index (χ3v) is 3.75. The summed E-state index contributed by atoms with van der Waals surface area (Å²) in [6, 6.07) is 6.30. The first-order valence-corrected chi connectivity index (χ1v) is 6.30. The highest BCUT2D eigenvalue weighted by Gasteiger charge is 2.11. The van der Waals surface area contributed by atoms with E-state index in [0.29, 0.717) is 32.6 Å². The van der Waals surface area contributed by atoms with E-state index in [-0.39, 0.29) is 10.7 Å². The van der Waals surface area contributed by atoms with Gasteiger partial charge in [0, 0.05) is 5.56 Å². The van der Waals surface area contributed by atoms with Gasteiger partial charge in [0.25, 0.3) is 0 Å². The number of hydrogen-bond acceptors (Lipinski definition) is 2. The zero-order valence-electron chi connectivity index (χ0n) is 8.75. The highest BCUT2D eigenvalue weighted by atomic mass is 35.5. The van der Waals surface area contributed by atoms with Gasteiger partial charge < -0.3 is 0 Å². The molecule has 0 aliphatic carbocycles. The minimum atomic E-state index is 0.268. The second-order valence-electron chi connectivity index (χ2n) is 3.44. The van der Waals surface area contributed by atoms with E-state index >= 15 is 0 Å². The predicted molar refractivity (Wildman–Crippen MR) is 75.1 cm³/mol. The van der Waals surface area contributed by atoms with Crippen molar-refractivity contribution in [2.45, 2.75) is 0 Å². The fraction of sp³-hybridized carbons (Fsp3) is 0. The lowest BCUT2D eigenvalue weighted by atomic mass is 10.1. The lowest BCUT2D eigenvalue weighted by Crippen LogP contribution is -1.92. The van der Waals surface area contributed by atoms with E-state index in [4.69, 9.17) is 46.4 Å². The van der Waals surface area contributed by atoms with Crippen LogP contribution in [-0.2, 0) is 0 Å². The fourth-order valence-electron chi connectivity index (χ4n) is 1.42. The second-order valence-corrected chi connectivity index (χ2v) is 5.04. The Morgan fingerprint density at radius 2 is 1.56 bits per heavy atom. The van der Waals surface area contributed by atoms with Gasteiger partial charge in [-0.2, -0.15) is 0 Å². The molecule has 1 aromatic carbocycles. The Balaban J connectivity index is 2.65. The minimum Gasteiger partial charge on any atom is -0.296 e. The Morgan fingerprint density at radius 1 is 0.944 bits per heavy atom. The number of aromatic nitrogens is 1. The summed E-state index contributed by atoms with van der Waals surface area (Å²) in [5.74, 6) is 0. The number of halogens is 4. The molecule has 6 heteroatoms. The molecule has 0 spiro atoms. The van der Waals surface area contributed by atoms with E-state index < -0.39 is 0 Å². The Labute approximate surface area is 123 Å². The first-order chi connectivity index (χ1) is 8.52. The van der Waals surface area contributed by atoms with Gasteiger partial charge in [0.1, 0.15) is 5.69 Å². The summed E-state index contributed by atoms with van der Waals surface area (Å²) in [6.07, 6.45) is 0.638. The van der Waals surface area contributed by atoms with Crippen LogP contribution in [0.4, 0.5) is 0 Å². The average Bonchev–Trinajstić information content (AvgIpc) is 2.36. The number of carbonyl (C=O) groups is 1. The van der Waals surface area contributed by atoms with E-state index in [1.54, 1.807) is 18.2 Å². The molecule has 0 fully saturated rings. The van der Waals surface area contributed by atoms with E-state index in [2.05, 4.69) is 4.98 Å². The number of carbonyl (C=O) groups excluding carboxylic acids is 1. The molecule has 2 nitrogen and oxygen atoms in total. The molecule has 0 bridgehead atoms. The monoisotopic (exact) mass is 319 g/mol. The van der Waals surface area contributed by atoms with Crippen LogP contribution in [0.25, 0.3) is 11.3 Å². The number of benzene rings is 1. The minimum absolute atomic E-state index is 0.268. The van der Waals surface area contributed by atoms with Crippen LogP contribution in [0.1, 0.15) is 10.5 Å². The normalized spacial score (nSPS) is 10.4. The van der Waals surface area contributed by atoms with Crippen LogP contribution < -0.4 is 0 Å². The van der Waals surface area contributed by atoms with Gasteiger partial charge >= 0.3 is 0 Å². The first kappa shape index (κ1) is 13.6. The van der Waals surface area contributed by atoms with Gasteiger partial charge in [0.15, 0.2) is 6.29 Å². The number of pyridine rings is 1. The molecule has 0 saturated carbocycles. The Bertz CT molecular complexity index is 604. The van der Waals surface area contributed by atoms with Crippen molar-refractivity contribution < 1.29 is 4.79 Å². The van der Waals surface area contributed by atoms with Crippen LogP contribution in [0, 0.1) is 0 Å². The van der Waals surface area contributed by atoms with Crippen molar-refractivity contribution in [2.24, 2.45) is 0 Å². The quantitative estimate of drug-likeness (QED) is 0.564. The first-order valence-electron chi connectivity index (χ1n) is 4.79. The van der Waals surface area contributed by atoms with Gasteiger partial charge in [-0.25, -0.2) is 4.98 Å². The Hall–Kier alpha value is -0.800. The summed E-state index contributed by atoms with van der Waals surface area (Å²) in [4.78, 5) is 14.8. The van der Waals surface area contributed by atoms with Crippen molar-refractivity contribution in [1.29, 1.82) is 0 Å². The molecule has 0 N–H and O–H groups in total. The van der Waals surface area contributed by atoms with Gasteiger partial charge in [0.05, 0.1) is 25.8 Å². The molecule has 92 valence electrons. The third-order valence-electron chi connectivity index (χ3n) is 2.25. The molecule has 2 rings (SSSR count). The lowest BCUT2D eigenvalue weighted by Gasteiger charge is -2.07. The smallest absolute Gasteiger partial charge is 0.168 e. The maximum Gasteiger partial charge on any atom is 0.168 e. The molecule has 0 saturated heterocycles. The average molecular weight is 321 g/mol. The van der Waals surface area contributed by atoms with Crippen molar-refractivity contribution in [3.63, 3.8) is 0 Å². The summed E-state index contributed by atoms with van der Waals surface area (Å²) in [5, 5.41) is 1.27. The summed E-state index contributed by atoms with van der Waals surface area (Å²) >= 11 is 23.8. The van der Waals surface area contributed by atoms with Gasteiger partial charge in [-0.05, 0) is 24.3 Å². The van der Waals surface area contributed by atoms with Crippen LogP contribution in [-0.4, -0.2) is 11.3 Å². The number of hydrogen-bond donors (Lipinski definition) is 0. The van der Waals surface area contributed by atoms with E-state index in [1.807, 2.05) is 0 Å². The van der Waals surface area contributed by atoms with Crippen molar-refractivity contribution >= 4 is 52.7 Å². The summed E-state index contributed by atoms with van der Waals surface area (Å²) < 4.78 is 0. The van der Waals surface area contributed by atoms with Crippen LogP contribution in [0.5, 0.6) is 0 Å². The second kappa shape index (κ2) is 5.45. The molecule has 0 aliphatic rings. The molecule has 0 amide bonds. The molecule has 0 unspecified atom stereocenters. The molecule has 18 heavy (non-hydrogen) atoms. The van der Waals surface area contributed by atoms with Gasteiger partial charge in [-0.1, -0.05) is 46.4 Å². The third kappa shape index (κ3) is 2.62. The van der Waals surface area contributed by atoms with Crippen LogP contribution in [0.3, 0.4) is 0 Å². The standard InChI is InChI=1S/C12H5Cl4NO/c13-8-2-1-7(5-18)17-12(8)6-3-9(14)11(16)10(15)4-6/h1-5H. The number of aldehydes is 1. The Morgan fingerprint density at radius 3 is 2.11 bits per heavy atom. The van der Waals surface area contributed by atoms with E-state index in [9.17, 15) is 4.79 Å². The van der Waals surface area contributed by atoms with Crippen LogP contribution in [0.15, 0.2) is 24.3 Å². The summed E-state index contributed by atoms with van der Waals surface area (Å²) in [6.45, 7) is 0. The lowest BCUT2D eigenvalue weighted by molar-refractivity contribution is 0.111. The van der Waals surface area contributed by atoms with Crippen molar-refractivity contribution in [1.82, 2.24) is 4.98 Å². The molecule has 2 aromatic rings. The molecule has 0 atom stereocenters. The van der Waals surface area contributed by atoms with E-state index in [1.165, 1.54) is 6.07 Å². The Kier molecular flexibility index (Phi) is 4.13. The highest BCUT2D eigenvalue weighted by Crippen LogP contribution is 2.36. The molecule has 1 aromatic heterocycles. The molecular formula is C12H5Cl4NO. The summed E-state index contributed by atoms with van der Waals surface area (Å²) in [5.41, 5.74) is 1.31. The van der Waals surface area contributed by atoms with Crippen LogP contribution in [0.2, 0.25) is 20.1 Å². The maximum absolute atomic E-state index is 10.7. The predicted octanol–water partition coefficient (Wildman–Crippen LogP) is 5.17. The van der Waals surface area contributed by atoms with E-state index in [0.717, 1.165) is 0 Å². The van der Waals surface area contributed by atoms with Gasteiger partial charge in [-0.3, -0.25) is 4.79 Å². The van der Waals surface area contributed by atoms with Gasteiger partial charge in [-0.15, -0.1) is 0 Å². The van der Waals surface area contributed by atoms with Crippen LogP contribution >= 0.6 is 46.4 Å². The number of rotatable bonds is 2. The number of nitrogens with zero attached hydrogens (tertiary/aromatic N) is 1. The largest absolute Gasteiger partial charge is 0.296 e. The fourth-order valence-corrected chi connectivity index (χ4v) is 2.23.